The summed E-state index contributed by atoms with van der Waals surface area (Å²) in [6, 6.07) is 0. The van der Waals surface area contributed by atoms with Crippen LogP contribution in [0.25, 0.3) is 0 Å². The fourth-order valence-electron chi connectivity index (χ4n) is 2.95. The molecule has 16 heavy (non-hydrogen) atoms. The van der Waals surface area contributed by atoms with E-state index in [0.717, 1.165) is 0 Å². The maximum Gasteiger partial charge on any atom is 0.307 e. The highest BCUT2D eigenvalue weighted by Crippen LogP contribution is 2.66. The van der Waals surface area contributed by atoms with Gasteiger partial charge in [0.25, 0.3) is 5.92 Å². The van der Waals surface area contributed by atoms with Crippen molar-refractivity contribution in [2.45, 2.75) is 32.1 Å². The molecule has 5 heteroatoms. The molecular formula is C11H14F2O3. The molecule has 0 aromatic heterocycles. The van der Waals surface area contributed by atoms with Crippen LogP contribution in [0.4, 0.5) is 8.78 Å². The van der Waals surface area contributed by atoms with E-state index in [1.807, 2.05) is 0 Å². The summed E-state index contributed by atoms with van der Waals surface area (Å²) in [6.45, 7) is 1.33. The van der Waals surface area contributed by atoms with E-state index in [0.29, 0.717) is 0 Å². The Labute approximate surface area is 91.8 Å². The van der Waals surface area contributed by atoms with E-state index in [4.69, 9.17) is 5.11 Å². The van der Waals surface area contributed by atoms with E-state index in [1.165, 1.54) is 6.92 Å². The number of ketones is 1. The number of carboxylic acids is 1. The lowest BCUT2D eigenvalue weighted by atomic mass is 9.84. The van der Waals surface area contributed by atoms with E-state index in [1.54, 1.807) is 0 Å². The van der Waals surface area contributed by atoms with Gasteiger partial charge in [-0.3, -0.25) is 4.79 Å². The Morgan fingerprint density at radius 2 is 1.88 bits per heavy atom. The Morgan fingerprint density at radius 3 is 2.25 bits per heavy atom. The number of hydrogen-bond donors (Lipinski definition) is 1. The average Bonchev–Trinajstić information content (AvgIpc) is 2.59. The van der Waals surface area contributed by atoms with Crippen LogP contribution in [0.15, 0.2) is 0 Å². The summed E-state index contributed by atoms with van der Waals surface area (Å²) in [5.74, 6) is -6.10. The first kappa shape index (κ1) is 11.5. The molecule has 0 aromatic carbocycles. The fourth-order valence-corrected chi connectivity index (χ4v) is 2.95. The Hall–Kier alpha value is -1.00. The predicted octanol–water partition coefficient (Wildman–Crippen LogP) is 1.96. The molecule has 0 spiro atoms. The third-order valence-corrected chi connectivity index (χ3v) is 3.87. The quantitative estimate of drug-likeness (QED) is 0.806. The number of Topliss-reactive ketones (excluding diaryl/α,β-unsaturated/α-hetero) is 1. The first-order valence-electron chi connectivity index (χ1n) is 5.44. The number of aliphatic carboxylic acids is 1. The monoisotopic (exact) mass is 232 g/mol. The Morgan fingerprint density at radius 1 is 1.38 bits per heavy atom. The Balaban J connectivity index is 1.98. The maximum atomic E-state index is 12.9. The van der Waals surface area contributed by atoms with Crippen molar-refractivity contribution in [2.75, 3.05) is 0 Å². The molecule has 2 aliphatic carbocycles. The van der Waals surface area contributed by atoms with Crippen LogP contribution in [0.2, 0.25) is 0 Å². The molecule has 2 unspecified atom stereocenters. The number of carboxylic acid groups (broad SMARTS) is 1. The molecule has 0 aromatic rings. The van der Waals surface area contributed by atoms with Crippen LogP contribution in [-0.2, 0) is 9.59 Å². The van der Waals surface area contributed by atoms with Crippen molar-refractivity contribution >= 4 is 11.8 Å². The van der Waals surface area contributed by atoms with E-state index < -0.39 is 29.6 Å². The topological polar surface area (TPSA) is 54.4 Å². The molecule has 0 amide bonds. The fraction of sp³-hybridized carbons (Fsp3) is 0.818. The Kier molecular flexibility index (Phi) is 2.51. The van der Waals surface area contributed by atoms with Crippen molar-refractivity contribution < 1.29 is 23.5 Å². The lowest BCUT2D eigenvalue weighted by Gasteiger charge is -2.20. The van der Waals surface area contributed by atoms with Crippen LogP contribution >= 0.6 is 0 Å². The van der Waals surface area contributed by atoms with Crippen LogP contribution in [0.5, 0.6) is 0 Å². The van der Waals surface area contributed by atoms with Gasteiger partial charge in [-0.05, 0) is 25.7 Å². The van der Waals surface area contributed by atoms with Gasteiger partial charge in [0.05, 0.1) is 5.92 Å². The molecule has 0 heterocycles. The number of carbonyl (C=O) groups is 2. The first-order valence-corrected chi connectivity index (χ1v) is 5.44. The minimum absolute atomic E-state index is 0.0367. The lowest BCUT2D eigenvalue weighted by molar-refractivity contribution is -0.146. The molecule has 2 saturated carbocycles. The molecule has 0 aliphatic heterocycles. The van der Waals surface area contributed by atoms with Gasteiger partial charge >= 0.3 is 5.97 Å². The third kappa shape index (κ3) is 1.72. The van der Waals surface area contributed by atoms with Gasteiger partial charge in [0.1, 0.15) is 5.78 Å². The smallest absolute Gasteiger partial charge is 0.307 e. The first-order chi connectivity index (χ1) is 7.34. The van der Waals surface area contributed by atoms with Gasteiger partial charge in [-0.25, -0.2) is 8.78 Å². The molecule has 3 nitrogen and oxygen atoms in total. The van der Waals surface area contributed by atoms with Crippen molar-refractivity contribution in [2.24, 2.45) is 23.7 Å². The van der Waals surface area contributed by atoms with E-state index in [9.17, 15) is 18.4 Å². The van der Waals surface area contributed by atoms with Gasteiger partial charge in [0, 0.05) is 18.3 Å². The second-order valence-corrected chi connectivity index (χ2v) is 4.97. The van der Waals surface area contributed by atoms with Crippen molar-refractivity contribution in [3.05, 3.63) is 0 Å². The predicted molar refractivity (Wildman–Crippen MR) is 51.1 cm³/mol. The molecular weight excluding hydrogens is 218 g/mol. The molecule has 90 valence electrons. The van der Waals surface area contributed by atoms with Crippen molar-refractivity contribution in [3.63, 3.8) is 0 Å². The number of fused-ring (bicyclic) bond motifs is 1. The van der Waals surface area contributed by atoms with E-state index in [-0.39, 0.29) is 31.0 Å². The molecule has 2 aliphatic rings. The minimum atomic E-state index is -2.57. The number of rotatable bonds is 4. The molecule has 1 N–H and O–H groups in total. The van der Waals surface area contributed by atoms with Gasteiger partial charge in [0.15, 0.2) is 0 Å². The molecule has 0 bridgehead atoms. The van der Waals surface area contributed by atoms with Crippen LogP contribution in [0, 0.1) is 23.7 Å². The number of alkyl halides is 2. The van der Waals surface area contributed by atoms with Crippen LogP contribution < -0.4 is 0 Å². The summed E-state index contributed by atoms with van der Waals surface area (Å²) in [6.07, 6.45) is 0.467. The summed E-state index contributed by atoms with van der Waals surface area (Å²) < 4.78 is 25.9. The lowest BCUT2D eigenvalue weighted by Crippen LogP contribution is -2.26. The highest BCUT2D eigenvalue weighted by molar-refractivity contribution is 5.82. The van der Waals surface area contributed by atoms with Crippen LogP contribution in [0.1, 0.15) is 26.2 Å². The zero-order valence-electron chi connectivity index (χ0n) is 8.95. The SMILES string of the molecule is CC(=O)CC(C(=O)O)C1C[C@@H]2[C@H](C1)C2(F)F. The van der Waals surface area contributed by atoms with Crippen molar-refractivity contribution in [1.29, 1.82) is 0 Å². The summed E-state index contributed by atoms with van der Waals surface area (Å²) in [7, 11) is 0. The zero-order valence-corrected chi connectivity index (χ0v) is 8.95. The van der Waals surface area contributed by atoms with Gasteiger partial charge in [-0.15, -0.1) is 0 Å². The molecule has 2 fully saturated rings. The van der Waals surface area contributed by atoms with Gasteiger partial charge in [0.2, 0.25) is 0 Å². The summed E-state index contributed by atoms with van der Waals surface area (Å²) in [5, 5.41) is 8.97. The molecule has 2 rings (SSSR count). The maximum absolute atomic E-state index is 12.9. The third-order valence-electron chi connectivity index (χ3n) is 3.87. The second-order valence-electron chi connectivity index (χ2n) is 4.97. The van der Waals surface area contributed by atoms with Crippen LogP contribution in [-0.4, -0.2) is 22.8 Å². The zero-order chi connectivity index (χ0) is 12.1. The van der Waals surface area contributed by atoms with Crippen LogP contribution in [0.3, 0.4) is 0 Å². The summed E-state index contributed by atoms with van der Waals surface area (Å²) >= 11 is 0. The standard InChI is InChI=1S/C11H14F2O3/c1-5(14)2-7(10(15)16)6-3-8-9(4-6)11(8,12)13/h6-9H,2-4H2,1H3,(H,15,16)/t6?,7?,8-,9+. The van der Waals surface area contributed by atoms with Gasteiger partial charge in [-0.1, -0.05) is 0 Å². The number of carbonyl (C=O) groups excluding carboxylic acids is 1. The van der Waals surface area contributed by atoms with Crippen molar-refractivity contribution in [3.8, 4) is 0 Å². The molecule has 0 radical (unpaired) electrons. The molecule has 0 saturated heterocycles. The average molecular weight is 232 g/mol. The van der Waals surface area contributed by atoms with Gasteiger partial charge in [-0.2, -0.15) is 0 Å². The number of hydrogen-bond acceptors (Lipinski definition) is 2. The van der Waals surface area contributed by atoms with Gasteiger partial charge < -0.3 is 9.90 Å². The van der Waals surface area contributed by atoms with Crippen molar-refractivity contribution in [1.82, 2.24) is 0 Å². The van der Waals surface area contributed by atoms with E-state index >= 15 is 0 Å². The number of halogens is 2. The van der Waals surface area contributed by atoms with E-state index in [2.05, 4.69) is 0 Å². The highest BCUT2D eigenvalue weighted by Gasteiger charge is 2.72. The normalized spacial score (nSPS) is 36.6. The second kappa shape index (κ2) is 3.50. The largest absolute Gasteiger partial charge is 0.481 e. The highest BCUT2D eigenvalue weighted by atomic mass is 19.3. The Bertz CT molecular complexity index is 326. The summed E-state index contributed by atoms with van der Waals surface area (Å²) in [4.78, 5) is 21.9. The molecule has 4 atom stereocenters. The minimum Gasteiger partial charge on any atom is -0.481 e. The summed E-state index contributed by atoms with van der Waals surface area (Å²) in [5.41, 5.74) is 0.